The molecule has 0 spiro atoms. The van der Waals surface area contributed by atoms with E-state index < -0.39 is 16.0 Å². The van der Waals surface area contributed by atoms with Gasteiger partial charge in [-0.05, 0) is 26.7 Å². The largest absolute Gasteiger partial charge is 0.465 e. The number of ether oxygens (including phenoxy) is 1. The van der Waals surface area contributed by atoms with Crippen LogP contribution in [0.15, 0.2) is 9.31 Å². The quantitative estimate of drug-likeness (QED) is 0.827. The van der Waals surface area contributed by atoms with E-state index in [1.807, 2.05) is 0 Å². The number of furan rings is 1. The first-order valence-electron chi connectivity index (χ1n) is 6.73. The predicted molar refractivity (Wildman–Crippen MR) is 75.5 cm³/mol. The molecule has 118 valence electrons. The van der Waals surface area contributed by atoms with Crippen LogP contribution in [-0.2, 0) is 14.8 Å². The molecule has 1 aromatic heterocycles. The van der Waals surface area contributed by atoms with Crippen molar-refractivity contribution in [3.63, 3.8) is 0 Å². The van der Waals surface area contributed by atoms with Crippen LogP contribution < -0.4 is 5.73 Å². The van der Waals surface area contributed by atoms with Gasteiger partial charge in [0.2, 0.25) is 10.0 Å². The van der Waals surface area contributed by atoms with Crippen molar-refractivity contribution in [2.75, 3.05) is 20.2 Å². The first kappa shape index (κ1) is 16.0. The minimum absolute atomic E-state index is 0.0332. The third-order valence-electron chi connectivity index (χ3n) is 3.61. The van der Waals surface area contributed by atoms with Gasteiger partial charge in [-0.3, -0.25) is 0 Å². The van der Waals surface area contributed by atoms with Crippen molar-refractivity contribution in [3.05, 3.63) is 17.1 Å². The first-order chi connectivity index (χ1) is 9.78. The summed E-state index contributed by atoms with van der Waals surface area (Å²) in [6.45, 7) is 3.70. The number of carbonyl (C=O) groups excluding carboxylic acids is 1. The molecule has 1 aliphatic heterocycles. The highest BCUT2D eigenvalue weighted by Crippen LogP contribution is 2.31. The van der Waals surface area contributed by atoms with E-state index >= 15 is 0 Å². The third kappa shape index (κ3) is 2.83. The van der Waals surface area contributed by atoms with Gasteiger partial charge in [-0.15, -0.1) is 0 Å². The number of hydrogen-bond acceptors (Lipinski definition) is 6. The minimum Gasteiger partial charge on any atom is -0.465 e. The summed E-state index contributed by atoms with van der Waals surface area (Å²) >= 11 is 0. The van der Waals surface area contributed by atoms with Crippen LogP contribution in [0, 0.1) is 13.8 Å². The molecule has 1 fully saturated rings. The fourth-order valence-electron chi connectivity index (χ4n) is 2.63. The van der Waals surface area contributed by atoms with Gasteiger partial charge in [0.05, 0.1) is 7.11 Å². The molecule has 0 unspecified atom stereocenters. The minimum atomic E-state index is -3.83. The lowest BCUT2D eigenvalue weighted by atomic mass is 10.1. The zero-order valence-electron chi connectivity index (χ0n) is 12.4. The lowest BCUT2D eigenvalue weighted by Gasteiger charge is -2.29. The summed E-state index contributed by atoms with van der Waals surface area (Å²) in [5, 5.41) is 0. The number of methoxy groups -OCH3 is 1. The molecule has 0 aromatic carbocycles. The molecule has 0 saturated carbocycles. The van der Waals surface area contributed by atoms with E-state index in [1.165, 1.54) is 18.3 Å². The summed E-state index contributed by atoms with van der Waals surface area (Å²) in [6.07, 6.45) is 1.49. The van der Waals surface area contributed by atoms with E-state index in [-0.39, 0.29) is 34.6 Å². The Morgan fingerprint density at radius 1 is 1.38 bits per heavy atom. The second kappa shape index (κ2) is 5.78. The molecule has 2 heterocycles. The van der Waals surface area contributed by atoms with Gasteiger partial charge in [0.15, 0.2) is 0 Å². The Labute approximate surface area is 124 Å². The van der Waals surface area contributed by atoms with Crippen LogP contribution in [0.4, 0.5) is 0 Å². The zero-order valence-corrected chi connectivity index (χ0v) is 13.2. The highest BCUT2D eigenvalue weighted by Gasteiger charge is 2.37. The number of rotatable bonds is 3. The van der Waals surface area contributed by atoms with Crippen LogP contribution in [0.25, 0.3) is 0 Å². The maximum absolute atomic E-state index is 12.8. The van der Waals surface area contributed by atoms with Crippen molar-refractivity contribution in [3.8, 4) is 0 Å². The molecule has 0 bridgehead atoms. The number of hydrogen-bond donors (Lipinski definition) is 1. The zero-order chi connectivity index (χ0) is 15.8. The highest BCUT2D eigenvalue weighted by molar-refractivity contribution is 7.89. The van der Waals surface area contributed by atoms with Crippen LogP contribution in [0.3, 0.4) is 0 Å². The summed E-state index contributed by atoms with van der Waals surface area (Å²) < 4.78 is 36.9. The van der Waals surface area contributed by atoms with E-state index in [1.54, 1.807) is 6.92 Å². The van der Waals surface area contributed by atoms with Crippen molar-refractivity contribution in [2.45, 2.75) is 37.6 Å². The maximum atomic E-state index is 12.8. The summed E-state index contributed by atoms with van der Waals surface area (Å²) in [5.41, 5.74) is 5.81. The SMILES string of the molecule is COC(=O)c1c(C)oc(C)c1S(=O)(=O)N1CCC[C@@H](N)C1. The molecule has 0 aliphatic carbocycles. The van der Waals surface area contributed by atoms with Crippen LogP contribution in [-0.4, -0.2) is 44.9 Å². The van der Waals surface area contributed by atoms with E-state index in [0.717, 1.165) is 6.42 Å². The van der Waals surface area contributed by atoms with Crippen LogP contribution in [0.1, 0.15) is 34.7 Å². The molecule has 2 rings (SSSR count). The van der Waals surface area contributed by atoms with Crippen LogP contribution in [0.5, 0.6) is 0 Å². The Hall–Kier alpha value is -1.38. The lowest BCUT2D eigenvalue weighted by molar-refractivity contribution is 0.0594. The molecule has 0 radical (unpaired) electrons. The van der Waals surface area contributed by atoms with Gasteiger partial charge in [0.1, 0.15) is 22.0 Å². The molecule has 2 N–H and O–H groups in total. The molecule has 8 heteroatoms. The summed E-state index contributed by atoms with van der Waals surface area (Å²) in [4.78, 5) is 11.8. The molecular formula is C13H20N2O5S. The van der Waals surface area contributed by atoms with Gasteiger partial charge in [-0.25, -0.2) is 13.2 Å². The number of nitrogens with zero attached hydrogens (tertiary/aromatic N) is 1. The third-order valence-corrected chi connectivity index (χ3v) is 5.63. The number of aryl methyl sites for hydroxylation is 2. The van der Waals surface area contributed by atoms with E-state index in [0.29, 0.717) is 13.0 Å². The molecule has 21 heavy (non-hydrogen) atoms. The molecule has 1 saturated heterocycles. The molecule has 0 amide bonds. The number of nitrogens with two attached hydrogens (primary N) is 1. The Morgan fingerprint density at radius 2 is 2.05 bits per heavy atom. The normalized spacial score (nSPS) is 20.5. The summed E-state index contributed by atoms with van der Waals surface area (Å²) in [5.74, 6) is -0.296. The average molecular weight is 316 g/mol. The molecule has 1 aromatic rings. The van der Waals surface area contributed by atoms with Crippen molar-refractivity contribution < 1.29 is 22.4 Å². The van der Waals surface area contributed by atoms with Gasteiger partial charge < -0.3 is 14.9 Å². The summed E-state index contributed by atoms with van der Waals surface area (Å²) in [7, 11) is -2.63. The molecule has 7 nitrogen and oxygen atoms in total. The van der Waals surface area contributed by atoms with Gasteiger partial charge in [-0.2, -0.15) is 4.31 Å². The average Bonchev–Trinajstić information content (AvgIpc) is 2.73. The standard InChI is InChI=1S/C13H20N2O5S/c1-8-11(13(16)19-3)12(9(2)20-8)21(17,18)15-6-4-5-10(14)7-15/h10H,4-7,14H2,1-3H3/t10-/m1/s1. The van der Waals surface area contributed by atoms with Gasteiger partial charge in [-0.1, -0.05) is 0 Å². The van der Waals surface area contributed by atoms with E-state index in [9.17, 15) is 13.2 Å². The van der Waals surface area contributed by atoms with Crippen molar-refractivity contribution in [1.82, 2.24) is 4.31 Å². The lowest BCUT2D eigenvalue weighted by Crippen LogP contribution is -2.45. The van der Waals surface area contributed by atoms with Crippen molar-refractivity contribution in [2.24, 2.45) is 5.73 Å². The number of esters is 1. The second-order valence-electron chi connectivity index (χ2n) is 5.18. The Bertz CT molecular complexity index is 650. The fourth-order valence-corrected chi connectivity index (χ4v) is 4.54. The van der Waals surface area contributed by atoms with Crippen LogP contribution in [0.2, 0.25) is 0 Å². The number of sulfonamides is 1. The second-order valence-corrected chi connectivity index (χ2v) is 7.05. The maximum Gasteiger partial charge on any atom is 0.342 e. The highest BCUT2D eigenvalue weighted by atomic mass is 32.2. The van der Waals surface area contributed by atoms with Gasteiger partial charge >= 0.3 is 5.97 Å². The molecule has 1 atom stereocenters. The Kier molecular flexibility index (Phi) is 4.40. The Balaban J connectivity index is 2.52. The monoisotopic (exact) mass is 316 g/mol. The first-order valence-corrected chi connectivity index (χ1v) is 8.17. The van der Waals surface area contributed by atoms with Gasteiger partial charge in [0.25, 0.3) is 0 Å². The van der Waals surface area contributed by atoms with Crippen LogP contribution >= 0.6 is 0 Å². The smallest absolute Gasteiger partial charge is 0.342 e. The van der Waals surface area contributed by atoms with E-state index in [2.05, 4.69) is 4.74 Å². The topological polar surface area (TPSA) is 103 Å². The Morgan fingerprint density at radius 3 is 2.62 bits per heavy atom. The fraction of sp³-hybridized carbons (Fsp3) is 0.615. The van der Waals surface area contributed by atoms with Crippen molar-refractivity contribution >= 4 is 16.0 Å². The molecule has 1 aliphatic rings. The van der Waals surface area contributed by atoms with Crippen molar-refractivity contribution in [1.29, 1.82) is 0 Å². The summed E-state index contributed by atoms with van der Waals surface area (Å²) in [6, 6.07) is -0.191. The number of piperidine rings is 1. The molecular weight excluding hydrogens is 296 g/mol. The van der Waals surface area contributed by atoms with E-state index in [4.69, 9.17) is 10.2 Å². The number of carbonyl (C=O) groups is 1. The van der Waals surface area contributed by atoms with Gasteiger partial charge in [0, 0.05) is 19.1 Å². The predicted octanol–water partition coefficient (Wildman–Crippen LogP) is 0.795.